The first-order chi connectivity index (χ1) is 9.75. The lowest BCUT2D eigenvalue weighted by molar-refractivity contribution is -0.668. The first-order valence-electron chi connectivity index (χ1n) is 7.29. The van der Waals surface area contributed by atoms with Gasteiger partial charge in [0.1, 0.15) is 0 Å². The molecule has 0 spiro atoms. The highest BCUT2D eigenvalue weighted by atomic mass is 15.0. The summed E-state index contributed by atoms with van der Waals surface area (Å²) in [5.41, 5.74) is 1.30. The summed E-state index contributed by atoms with van der Waals surface area (Å²) in [7, 11) is 0. The Morgan fingerprint density at radius 1 is 0.950 bits per heavy atom. The minimum atomic E-state index is 0.530. The van der Waals surface area contributed by atoms with Crippen LogP contribution in [0.4, 0.5) is 0 Å². The maximum Gasteiger partial charge on any atom is 0.213 e. The molecule has 1 heterocycles. The fraction of sp³-hybridized carbons (Fsp3) is 0.278. The van der Waals surface area contributed by atoms with Crippen molar-refractivity contribution in [3.05, 3.63) is 54.7 Å². The molecule has 3 aromatic rings. The van der Waals surface area contributed by atoms with E-state index in [1.165, 1.54) is 21.7 Å². The van der Waals surface area contributed by atoms with Crippen LogP contribution < -0.4 is 9.88 Å². The summed E-state index contributed by atoms with van der Waals surface area (Å²) in [4.78, 5) is 0. The van der Waals surface area contributed by atoms with Crippen LogP contribution in [0, 0.1) is 0 Å². The zero-order chi connectivity index (χ0) is 13.9. The molecule has 1 aromatic heterocycles. The second-order valence-corrected chi connectivity index (χ2v) is 5.54. The van der Waals surface area contributed by atoms with Crippen molar-refractivity contribution in [1.82, 2.24) is 5.32 Å². The van der Waals surface area contributed by atoms with Crippen LogP contribution in [0.15, 0.2) is 54.7 Å². The molecule has 1 N–H and O–H groups in total. The number of hydrogen-bond acceptors (Lipinski definition) is 1. The van der Waals surface area contributed by atoms with Crippen molar-refractivity contribution in [3.63, 3.8) is 0 Å². The number of para-hydroxylation sites is 1. The molecule has 2 aromatic carbocycles. The Labute approximate surface area is 120 Å². The topological polar surface area (TPSA) is 15.9 Å². The van der Waals surface area contributed by atoms with Gasteiger partial charge in [-0.1, -0.05) is 44.2 Å². The number of hydrogen-bond donors (Lipinski definition) is 1. The molecule has 0 atom stereocenters. The fourth-order valence-corrected chi connectivity index (χ4v) is 2.70. The SMILES string of the molecule is CC(C)NCC[n+]1cc2ccccc2c2ccccc21. The molecule has 20 heavy (non-hydrogen) atoms. The molecule has 2 heteroatoms. The quantitative estimate of drug-likeness (QED) is 0.565. The standard InChI is InChI=1S/C18H21N2/c1-14(2)19-11-12-20-13-15-7-3-4-8-16(15)17-9-5-6-10-18(17)20/h3-10,13-14,19H,11-12H2,1-2H3/q+1. The minimum absolute atomic E-state index is 0.530. The lowest BCUT2D eigenvalue weighted by Crippen LogP contribution is -2.41. The van der Waals surface area contributed by atoms with E-state index >= 15 is 0 Å². The predicted octanol–water partition coefficient (Wildman–Crippen LogP) is 3.28. The first-order valence-corrected chi connectivity index (χ1v) is 7.29. The molecule has 0 unspecified atom stereocenters. The minimum Gasteiger partial charge on any atom is -0.309 e. The van der Waals surface area contributed by atoms with Crippen LogP contribution in [0.1, 0.15) is 13.8 Å². The van der Waals surface area contributed by atoms with Crippen molar-refractivity contribution in [3.8, 4) is 0 Å². The number of aromatic nitrogens is 1. The van der Waals surface area contributed by atoms with E-state index in [-0.39, 0.29) is 0 Å². The molecular formula is C18H21N2+. The lowest BCUT2D eigenvalue weighted by Gasteiger charge is -2.08. The van der Waals surface area contributed by atoms with E-state index in [1.807, 2.05) is 0 Å². The van der Waals surface area contributed by atoms with Gasteiger partial charge in [0.25, 0.3) is 0 Å². The molecule has 0 radical (unpaired) electrons. The number of nitrogens with zero attached hydrogens (tertiary/aromatic N) is 1. The third-order valence-electron chi connectivity index (χ3n) is 3.66. The fourth-order valence-electron chi connectivity index (χ4n) is 2.70. The van der Waals surface area contributed by atoms with E-state index < -0.39 is 0 Å². The Morgan fingerprint density at radius 3 is 2.45 bits per heavy atom. The van der Waals surface area contributed by atoms with Gasteiger partial charge in [-0.2, -0.15) is 4.57 Å². The van der Waals surface area contributed by atoms with Gasteiger partial charge in [0, 0.05) is 22.9 Å². The van der Waals surface area contributed by atoms with E-state index in [4.69, 9.17) is 0 Å². The highest BCUT2D eigenvalue weighted by Gasteiger charge is 2.12. The molecule has 0 aliphatic rings. The Hall–Kier alpha value is -1.93. The van der Waals surface area contributed by atoms with Gasteiger partial charge in [-0.05, 0) is 12.1 Å². The van der Waals surface area contributed by atoms with Crippen LogP contribution in [-0.4, -0.2) is 12.6 Å². The molecule has 0 fully saturated rings. The largest absolute Gasteiger partial charge is 0.309 e. The van der Waals surface area contributed by atoms with Crippen molar-refractivity contribution in [2.45, 2.75) is 26.4 Å². The van der Waals surface area contributed by atoms with Gasteiger partial charge in [0.05, 0.1) is 11.9 Å². The Balaban J connectivity index is 2.09. The zero-order valence-electron chi connectivity index (χ0n) is 12.1. The van der Waals surface area contributed by atoms with E-state index in [1.54, 1.807) is 0 Å². The summed E-state index contributed by atoms with van der Waals surface area (Å²) in [6.07, 6.45) is 2.26. The van der Waals surface area contributed by atoms with Crippen molar-refractivity contribution in [2.24, 2.45) is 0 Å². The summed E-state index contributed by atoms with van der Waals surface area (Å²) >= 11 is 0. The number of pyridine rings is 1. The molecule has 0 bridgehead atoms. The Kier molecular flexibility index (Phi) is 3.66. The van der Waals surface area contributed by atoms with E-state index in [9.17, 15) is 0 Å². The third-order valence-corrected chi connectivity index (χ3v) is 3.66. The van der Waals surface area contributed by atoms with Gasteiger partial charge in [0.15, 0.2) is 12.7 Å². The van der Waals surface area contributed by atoms with Crippen molar-refractivity contribution >= 4 is 21.7 Å². The molecule has 3 rings (SSSR count). The van der Waals surface area contributed by atoms with Gasteiger partial charge in [-0.3, -0.25) is 0 Å². The molecule has 0 saturated carbocycles. The van der Waals surface area contributed by atoms with Crippen molar-refractivity contribution in [1.29, 1.82) is 0 Å². The monoisotopic (exact) mass is 265 g/mol. The second-order valence-electron chi connectivity index (χ2n) is 5.54. The maximum atomic E-state index is 3.49. The third kappa shape index (κ3) is 2.52. The maximum absolute atomic E-state index is 3.49. The molecule has 0 aliphatic carbocycles. The van der Waals surface area contributed by atoms with Gasteiger partial charge in [-0.15, -0.1) is 0 Å². The molecule has 102 valence electrons. The van der Waals surface area contributed by atoms with E-state index in [2.05, 4.69) is 78.5 Å². The average molecular weight is 265 g/mol. The average Bonchev–Trinajstić information content (AvgIpc) is 2.47. The number of benzene rings is 2. The van der Waals surface area contributed by atoms with Gasteiger partial charge in [0.2, 0.25) is 5.52 Å². The lowest BCUT2D eigenvalue weighted by atomic mass is 10.1. The van der Waals surface area contributed by atoms with Gasteiger partial charge < -0.3 is 5.32 Å². The van der Waals surface area contributed by atoms with Crippen molar-refractivity contribution in [2.75, 3.05) is 6.54 Å². The molecule has 0 saturated heterocycles. The highest BCUT2D eigenvalue weighted by molar-refractivity contribution is 6.03. The van der Waals surface area contributed by atoms with Crippen LogP contribution in [-0.2, 0) is 6.54 Å². The van der Waals surface area contributed by atoms with Crippen LogP contribution in [0.2, 0.25) is 0 Å². The molecule has 0 aliphatic heterocycles. The summed E-state index contributed by atoms with van der Waals surface area (Å²) in [6, 6.07) is 17.8. The summed E-state index contributed by atoms with van der Waals surface area (Å²) in [6.45, 7) is 6.35. The zero-order valence-corrected chi connectivity index (χ0v) is 12.1. The molecular weight excluding hydrogens is 244 g/mol. The number of nitrogens with one attached hydrogen (secondary N) is 1. The van der Waals surface area contributed by atoms with Gasteiger partial charge in [-0.25, -0.2) is 0 Å². The van der Waals surface area contributed by atoms with Crippen LogP contribution >= 0.6 is 0 Å². The van der Waals surface area contributed by atoms with E-state index in [0.717, 1.165) is 13.1 Å². The number of fused-ring (bicyclic) bond motifs is 3. The Morgan fingerprint density at radius 2 is 1.65 bits per heavy atom. The van der Waals surface area contributed by atoms with Gasteiger partial charge >= 0.3 is 0 Å². The summed E-state index contributed by atoms with van der Waals surface area (Å²) in [5.74, 6) is 0. The van der Waals surface area contributed by atoms with Crippen LogP contribution in [0.5, 0.6) is 0 Å². The normalized spacial score (nSPS) is 11.6. The molecule has 2 nitrogen and oxygen atoms in total. The van der Waals surface area contributed by atoms with Crippen molar-refractivity contribution < 1.29 is 4.57 Å². The van der Waals surface area contributed by atoms with Crippen LogP contribution in [0.3, 0.4) is 0 Å². The highest BCUT2D eigenvalue weighted by Crippen LogP contribution is 2.21. The van der Waals surface area contributed by atoms with Crippen LogP contribution in [0.25, 0.3) is 21.7 Å². The molecule has 0 amide bonds. The summed E-state index contributed by atoms with van der Waals surface area (Å²) in [5, 5.41) is 7.45. The predicted molar refractivity (Wildman–Crippen MR) is 84.8 cm³/mol. The first kappa shape index (κ1) is 13.1. The van der Waals surface area contributed by atoms with E-state index in [0.29, 0.717) is 6.04 Å². The Bertz CT molecular complexity index is 732. The summed E-state index contributed by atoms with van der Waals surface area (Å²) < 4.78 is 2.35. The number of rotatable bonds is 4. The second kappa shape index (κ2) is 5.59. The smallest absolute Gasteiger partial charge is 0.213 e.